The first-order valence-electron chi connectivity index (χ1n) is 6.46. The van der Waals surface area contributed by atoms with Crippen molar-refractivity contribution in [3.63, 3.8) is 0 Å². The zero-order valence-corrected chi connectivity index (χ0v) is 12.7. The quantitative estimate of drug-likeness (QED) is 0.837. The molecule has 0 bridgehead atoms. The molecule has 0 aromatic heterocycles. The molecular formula is C16H16N2O2S. The van der Waals surface area contributed by atoms with Gasteiger partial charge in [0.25, 0.3) is 10.5 Å². The van der Waals surface area contributed by atoms with E-state index in [0.29, 0.717) is 23.1 Å². The summed E-state index contributed by atoms with van der Waals surface area (Å²) in [5.41, 5.74) is 3.44. The van der Waals surface area contributed by atoms with E-state index in [1.165, 1.54) is 0 Å². The maximum absolute atomic E-state index is 11.8. The van der Waals surface area contributed by atoms with Gasteiger partial charge in [-0.3, -0.25) is 9.59 Å². The van der Waals surface area contributed by atoms with Crippen molar-refractivity contribution in [1.82, 2.24) is 0 Å². The second-order valence-electron chi connectivity index (χ2n) is 4.67. The second-order valence-corrected chi connectivity index (χ2v) is 5.61. The van der Waals surface area contributed by atoms with Gasteiger partial charge in [0.1, 0.15) is 0 Å². The number of carbonyl (C=O) groups is 2. The van der Waals surface area contributed by atoms with Crippen molar-refractivity contribution in [2.75, 3.05) is 10.6 Å². The molecule has 21 heavy (non-hydrogen) atoms. The lowest BCUT2D eigenvalue weighted by atomic mass is 10.2. The van der Waals surface area contributed by atoms with E-state index < -0.39 is 10.5 Å². The number of thioether (sulfide) groups is 1. The largest absolute Gasteiger partial charge is 0.316 e. The summed E-state index contributed by atoms with van der Waals surface area (Å²) in [7, 11) is 0. The van der Waals surface area contributed by atoms with Crippen LogP contribution in [-0.4, -0.2) is 10.5 Å². The average Bonchev–Trinajstić information content (AvgIpc) is 2.38. The molecule has 2 aromatic rings. The number of nitrogens with one attached hydrogen (secondary N) is 2. The smallest absolute Gasteiger partial charge is 0.292 e. The molecule has 0 aliphatic rings. The van der Waals surface area contributed by atoms with Crippen LogP contribution in [0.1, 0.15) is 11.1 Å². The van der Waals surface area contributed by atoms with Gasteiger partial charge in [0.05, 0.1) is 0 Å². The number of aryl methyl sites for hydroxylation is 2. The normalized spacial score (nSPS) is 10.0. The van der Waals surface area contributed by atoms with Gasteiger partial charge in [-0.1, -0.05) is 24.3 Å². The Hall–Kier alpha value is -2.27. The first kappa shape index (κ1) is 15.1. The number of carbonyl (C=O) groups excluding carboxylic acids is 2. The van der Waals surface area contributed by atoms with Crippen LogP contribution in [0.15, 0.2) is 48.5 Å². The van der Waals surface area contributed by atoms with E-state index in [1.54, 1.807) is 12.1 Å². The number of rotatable bonds is 2. The van der Waals surface area contributed by atoms with Gasteiger partial charge in [0.2, 0.25) is 0 Å². The first-order chi connectivity index (χ1) is 10.0. The summed E-state index contributed by atoms with van der Waals surface area (Å²) in [5, 5.41) is 4.53. The molecule has 0 saturated carbocycles. The minimum absolute atomic E-state index is 0.411. The zero-order chi connectivity index (χ0) is 15.2. The molecule has 0 fully saturated rings. The number of anilines is 2. The highest BCUT2D eigenvalue weighted by molar-refractivity contribution is 8.26. The molecule has 2 rings (SSSR count). The molecule has 2 amide bonds. The topological polar surface area (TPSA) is 58.2 Å². The molecule has 0 unspecified atom stereocenters. The summed E-state index contributed by atoms with van der Waals surface area (Å²) in [6.45, 7) is 3.88. The van der Waals surface area contributed by atoms with Crippen LogP contribution in [0.2, 0.25) is 0 Å². The Morgan fingerprint density at radius 2 is 1.24 bits per heavy atom. The highest BCUT2D eigenvalue weighted by Crippen LogP contribution is 2.16. The van der Waals surface area contributed by atoms with Gasteiger partial charge < -0.3 is 10.6 Å². The van der Waals surface area contributed by atoms with E-state index in [2.05, 4.69) is 10.6 Å². The minimum Gasteiger partial charge on any atom is -0.316 e. The summed E-state index contributed by atoms with van der Waals surface area (Å²) in [4.78, 5) is 23.6. The Bertz CT molecular complexity index is 613. The van der Waals surface area contributed by atoms with E-state index in [1.807, 2.05) is 50.2 Å². The molecular weight excluding hydrogens is 284 g/mol. The molecule has 5 heteroatoms. The predicted molar refractivity (Wildman–Crippen MR) is 88.0 cm³/mol. The van der Waals surface area contributed by atoms with Crippen molar-refractivity contribution in [3.8, 4) is 0 Å². The standard InChI is InChI=1S/C16H16N2O2S/c1-11-5-3-7-13(9-11)17-15(19)21-16(20)18-14-8-4-6-12(2)10-14/h3-10H,1-2H3,(H,17,19)(H,18,20). The SMILES string of the molecule is Cc1cccc(NC(=O)SC(=O)Nc2cccc(C)c2)c1. The lowest BCUT2D eigenvalue weighted by Crippen LogP contribution is -2.13. The Morgan fingerprint density at radius 3 is 1.62 bits per heavy atom. The van der Waals surface area contributed by atoms with E-state index >= 15 is 0 Å². The fraction of sp³-hybridized carbons (Fsp3) is 0.125. The van der Waals surface area contributed by atoms with Gasteiger partial charge >= 0.3 is 0 Å². The number of hydrogen-bond donors (Lipinski definition) is 2. The highest BCUT2D eigenvalue weighted by atomic mass is 32.2. The Balaban J connectivity index is 1.89. The van der Waals surface area contributed by atoms with Crippen LogP contribution in [0.4, 0.5) is 21.0 Å². The Kier molecular flexibility index (Phi) is 5.00. The van der Waals surface area contributed by atoms with Crippen molar-refractivity contribution in [3.05, 3.63) is 59.7 Å². The van der Waals surface area contributed by atoms with Gasteiger partial charge in [-0.05, 0) is 49.2 Å². The van der Waals surface area contributed by atoms with Crippen LogP contribution in [0, 0.1) is 13.8 Å². The zero-order valence-electron chi connectivity index (χ0n) is 11.8. The number of benzene rings is 2. The third-order valence-corrected chi connectivity index (χ3v) is 3.29. The summed E-state index contributed by atoms with van der Waals surface area (Å²) < 4.78 is 0. The van der Waals surface area contributed by atoms with E-state index in [0.717, 1.165) is 11.1 Å². The molecule has 4 nitrogen and oxygen atoms in total. The highest BCUT2D eigenvalue weighted by Gasteiger charge is 2.11. The monoisotopic (exact) mass is 300 g/mol. The Labute approximate surface area is 127 Å². The molecule has 0 aliphatic carbocycles. The van der Waals surface area contributed by atoms with Crippen LogP contribution in [0.5, 0.6) is 0 Å². The van der Waals surface area contributed by atoms with E-state index in [4.69, 9.17) is 0 Å². The van der Waals surface area contributed by atoms with Crippen LogP contribution in [0.25, 0.3) is 0 Å². The molecule has 0 radical (unpaired) electrons. The van der Waals surface area contributed by atoms with Crippen molar-refractivity contribution in [2.45, 2.75) is 13.8 Å². The maximum Gasteiger partial charge on any atom is 0.292 e. The minimum atomic E-state index is -0.411. The lowest BCUT2D eigenvalue weighted by Gasteiger charge is -2.06. The molecule has 2 aromatic carbocycles. The molecule has 108 valence electrons. The fourth-order valence-electron chi connectivity index (χ4n) is 1.82. The van der Waals surface area contributed by atoms with Crippen molar-refractivity contribution < 1.29 is 9.59 Å². The molecule has 0 aliphatic heterocycles. The van der Waals surface area contributed by atoms with Crippen molar-refractivity contribution in [1.29, 1.82) is 0 Å². The van der Waals surface area contributed by atoms with Crippen LogP contribution < -0.4 is 10.6 Å². The van der Waals surface area contributed by atoms with Crippen molar-refractivity contribution >= 4 is 33.6 Å². The molecule has 2 N–H and O–H groups in total. The second kappa shape index (κ2) is 6.95. The molecule has 0 saturated heterocycles. The summed E-state index contributed by atoms with van der Waals surface area (Å²) in [6.07, 6.45) is 0. The lowest BCUT2D eigenvalue weighted by molar-refractivity contribution is 0.267. The molecule has 0 heterocycles. The number of hydrogen-bond acceptors (Lipinski definition) is 3. The van der Waals surface area contributed by atoms with Crippen LogP contribution in [0.3, 0.4) is 0 Å². The summed E-state index contributed by atoms with van der Waals surface area (Å²) in [6, 6.07) is 14.8. The van der Waals surface area contributed by atoms with Crippen LogP contribution >= 0.6 is 11.8 Å². The van der Waals surface area contributed by atoms with Gasteiger partial charge in [0.15, 0.2) is 0 Å². The van der Waals surface area contributed by atoms with Gasteiger partial charge in [-0.15, -0.1) is 0 Å². The van der Waals surface area contributed by atoms with E-state index in [-0.39, 0.29) is 0 Å². The summed E-state index contributed by atoms with van der Waals surface area (Å²) >= 11 is 0.601. The van der Waals surface area contributed by atoms with Gasteiger partial charge in [-0.25, -0.2) is 0 Å². The third kappa shape index (κ3) is 4.96. The fourth-order valence-corrected chi connectivity index (χ4v) is 2.32. The molecule has 0 spiro atoms. The first-order valence-corrected chi connectivity index (χ1v) is 7.28. The molecule has 0 atom stereocenters. The summed E-state index contributed by atoms with van der Waals surface area (Å²) in [5.74, 6) is 0. The van der Waals surface area contributed by atoms with Gasteiger partial charge in [0, 0.05) is 23.1 Å². The van der Waals surface area contributed by atoms with E-state index in [9.17, 15) is 9.59 Å². The van der Waals surface area contributed by atoms with Gasteiger partial charge in [-0.2, -0.15) is 0 Å². The number of amides is 2. The third-order valence-electron chi connectivity index (χ3n) is 2.71. The van der Waals surface area contributed by atoms with Crippen molar-refractivity contribution in [2.24, 2.45) is 0 Å². The predicted octanol–water partition coefficient (Wildman–Crippen LogP) is 4.80. The maximum atomic E-state index is 11.8. The average molecular weight is 300 g/mol. The Morgan fingerprint density at radius 1 is 0.810 bits per heavy atom. The van der Waals surface area contributed by atoms with Crippen LogP contribution in [-0.2, 0) is 0 Å².